The molecule has 0 amide bonds. The molecule has 3 nitrogen and oxygen atoms in total. The van der Waals surface area contributed by atoms with Crippen LogP contribution in [0.5, 0.6) is 5.75 Å². The summed E-state index contributed by atoms with van der Waals surface area (Å²) in [5, 5.41) is 0. The van der Waals surface area contributed by atoms with Gasteiger partial charge in [0.1, 0.15) is 24.4 Å². The standard InChI is InChI=1S/C40H54NO2/c1-28-24-41(25-30-21-32(37(2,3)4)23-33(22-30)38(5,6)7)27-40(31-13-11-10-12-14-31,36-20-19-35(28)39(36,41)8)43-26-29-15-17-34(42-9)18-16-29/h10-18,21-23,28,35-36H,19-20,24-27H2,1-9H3/q+1/t28-,35+,36+,39-,40+,41-/m1/s1. The summed E-state index contributed by atoms with van der Waals surface area (Å²) in [5.41, 5.74) is 7.03. The molecular formula is C40H54NO2+. The van der Waals surface area contributed by atoms with Crippen LogP contribution in [0.3, 0.4) is 0 Å². The Hall–Kier alpha value is -2.62. The molecule has 0 bridgehead atoms. The fourth-order valence-electron chi connectivity index (χ4n) is 9.57. The number of ether oxygens (including phenoxy) is 2. The number of benzene rings is 3. The number of rotatable bonds is 7. The van der Waals surface area contributed by atoms with Crippen molar-refractivity contribution in [3.05, 3.63) is 101 Å². The van der Waals surface area contributed by atoms with E-state index in [0.717, 1.165) is 35.2 Å². The first-order valence-corrected chi connectivity index (χ1v) is 16.6. The van der Waals surface area contributed by atoms with E-state index in [-0.39, 0.29) is 22.0 Å². The van der Waals surface area contributed by atoms with Gasteiger partial charge in [0.05, 0.1) is 26.2 Å². The highest BCUT2D eigenvalue weighted by Gasteiger charge is 2.78. The Balaban J connectivity index is 1.46. The molecule has 43 heavy (non-hydrogen) atoms. The van der Waals surface area contributed by atoms with Crippen molar-refractivity contribution < 1.29 is 14.0 Å². The molecule has 3 aliphatic rings. The Morgan fingerprint density at radius 1 is 0.814 bits per heavy atom. The van der Waals surface area contributed by atoms with Gasteiger partial charge in [-0.25, -0.2) is 0 Å². The van der Waals surface area contributed by atoms with E-state index in [1.165, 1.54) is 47.2 Å². The summed E-state index contributed by atoms with van der Waals surface area (Å²) < 4.78 is 13.9. The second-order valence-corrected chi connectivity index (χ2v) is 16.4. The van der Waals surface area contributed by atoms with Crippen LogP contribution in [0.1, 0.15) is 96.0 Å². The molecule has 3 heteroatoms. The fourth-order valence-corrected chi connectivity index (χ4v) is 9.57. The summed E-state index contributed by atoms with van der Waals surface area (Å²) in [4.78, 5) is 0. The number of hydrogen-bond donors (Lipinski definition) is 0. The topological polar surface area (TPSA) is 18.5 Å². The second kappa shape index (κ2) is 10.5. The van der Waals surface area contributed by atoms with Crippen LogP contribution in [0.2, 0.25) is 0 Å². The average Bonchev–Trinajstić information content (AvgIpc) is 3.51. The van der Waals surface area contributed by atoms with Crippen molar-refractivity contribution in [2.45, 2.75) is 103 Å². The lowest BCUT2D eigenvalue weighted by atomic mass is 9.73. The molecule has 0 unspecified atom stereocenters. The fraction of sp³-hybridized carbons (Fsp3) is 0.550. The molecule has 0 aromatic heterocycles. The normalized spacial score (nSPS) is 31.8. The number of hydrogen-bond acceptors (Lipinski definition) is 2. The highest BCUT2D eigenvalue weighted by molar-refractivity contribution is 5.38. The van der Waals surface area contributed by atoms with E-state index in [1.54, 1.807) is 7.11 Å². The monoisotopic (exact) mass is 580 g/mol. The van der Waals surface area contributed by atoms with Crippen molar-refractivity contribution in [1.82, 2.24) is 0 Å². The van der Waals surface area contributed by atoms with E-state index in [1.807, 2.05) is 0 Å². The third-order valence-corrected chi connectivity index (χ3v) is 11.8. The smallest absolute Gasteiger partial charge is 0.151 e. The first-order valence-electron chi connectivity index (χ1n) is 16.6. The van der Waals surface area contributed by atoms with Crippen molar-refractivity contribution in [1.29, 1.82) is 0 Å². The lowest BCUT2D eigenvalue weighted by molar-refractivity contribution is -0.968. The zero-order valence-corrected chi connectivity index (χ0v) is 28.2. The molecule has 0 radical (unpaired) electrons. The van der Waals surface area contributed by atoms with Crippen LogP contribution in [-0.4, -0.2) is 30.2 Å². The Labute approximate surface area is 261 Å². The maximum atomic E-state index is 7.37. The lowest BCUT2D eigenvalue weighted by Gasteiger charge is -2.44. The third kappa shape index (κ3) is 4.95. The van der Waals surface area contributed by atoms with E-state index in [0.29, 0.717) is 12.5 Å². The number of nitrogens with zero attached hydrogens (tertiary/aromatic N) is 1. The van der Waals surface area contributed by atoms with E-state index in [4.69, 9.17) is 9.47 Å². The quantitative estimate of drug-likeness (QED) is 0.259. The summed E-state index contributed by atoms with van der Waals surface area (Å²) in [5.74, 6) is 2.81. The predicted molar refractivity (Wildman–Crippen MR) is 177 cm³/mol. The molecule has 6 atom stereocenters. The molecule has 2 aliphatic heterocycles. The van der Waals surface area contributed by atoms with Gasteiger partial charge in [-0.15, -0.1) is 0 Å². The average molecular weight is 581 g/mol. The van der Waals surface area contributed by atoms with E-state index in [2.05, 4.69) is 128 Å². The van der Waals surface area contributed by atoms with Gasteiger partial charge < -0.3 is 14.0 Å². The highest BCUT2D eigenvalue weighted by atomic mass is 16.5. The van der Waals surface area contributed by atoms with Gasteiger partial charge in [-0.2, -0.15) is 0 Å². The van der Waals surface area contributed by atoms with Gasteiger partial charge in [0, 0.05) is 17.4 Å². The Kier molecular flexibility index (Phi) is 7.41. The van der Waals surface area contributed by atoms with Crippen LogP contribution in [0.4, 0.5) is 0 Å². The highest BCUT2D eigenvalue weighted by Crippen LogP contribution is 2.68. The van der Waals surface area contributed by atoms with Crippen LogP contribution >= 0.6 is 0 Å². The summed E-state index contributed by atoms with van der Waals surface area (Å²) in [6, 6.07) is 27.2. The minimum Gasteiger partial charge on any atom is -0.497 e. The molecule has 6 rings (SSSR count). The zero-order valence-electron chi connectivity index (χ0n) is 28.2. The molecule has 1 saturated carbocycles. The largest absolute Gasteiger partial charge is 0.497 e. The second-order valence-electron chi connectivity index (χ2n) is 16.4. The van der Waals surface area contributed by atoms with Crippen LogP contribution in [0, 0.1) is 17.8 Å². The molecule has 230 valence electrons. The van der Waals surface area contributed by atoms with Gasteiger partial charge in [-0.1, -0.05) is 97.0 Å². The maximum absolute atomic E-state index is 7.37. The SMILES string of the molecule is COc1ccc(CO[C@]2(c3ccccc3)C[N@+]3(Cc4cc(C(C)(C)C)cc(C(C)(C)C)c4)C[C@@H](C)[C@@H]4CC[C@H]2[C@@]43C)cc1. The number of quaternary nitrogens is 1. The van der Waals surface area contributed by atoms with Crippen molar-refractivity contribution >= 4 is 0 Å². The molecular weight excluding hydrogens is 526 g/mol. The summed E-state index contributed by atoms with van der Waals surface area (Å²) >= 11 is 0. The minimum atomic E-state index is -0.320. The van der Waals surface area contributed by atoms with Gasteiger partial charge >= 0.3 is 0 Å². The van der Waals surface area contributed by atoms with Gasteiger partial charge in [-0.3, -0.25) is 0 Å². The molecule has 1 aliphatic carbocycles. The van der Waals surface area contributed by atoms with Gasteiger partial charge in [-0.05, 0) is 77.1 Å². The maximum Gasteiger partial charge on any atom is 0.151 e. The molecule has 0 N–H and O–H groups in total. The summed E-state index contributed by atoms with van der Waals surface area (Å²) in [6.07, 6.45) is 2.54. The minimum absolute atomic E-state index is 0.108. The Morgan fingerprint density at radius 3 is 2.02 bits per heavy atom. The van der Waals surface area contributed by atoms with Gasteiger partial charge in [0.25, 0.3) is 0 Å². The van der Waals surface area contributed by atoms with Crippen LogP contribution in [-0.2, 0) is 34.3 Å². The van der Waals surface area contributed by atoms with Gasteiger partial charge in [0.15, 0.2) is 5.60 Å². The third-order valence-electron chi connectivity index (χ3n) is 11.8. The van der Waals surface area contributed by atoms with E-state index < -0.39 is 0 Å². The molecule has 2 heterocycles. The van der Waals surface area contributed by atoms with Crippen LogP contribution in [0.25, 0.3) is 0 Å². The van der Waals surface area contributed by atoms with Crippen molar-refractivity contribution in [2.75, 3.05) is 20.2 Å². The number of methoxy groups -OCH3 is 1. The summed E-state index contributed by atoms with van der Waals surface area (Å²) in [7, 11) is 1.73. The molecule has 3 fully saturated rings. The molecule has 2 saturated heterocycles. The van der Waals surface area contributed by atoms with Gasteiger partial charge in [0.2, 0.25) is 0 Å². The first-order chi connectivity index (χ1) is 20.2. The van der Waals surface area contributed by atoms with Crippen LogP contribution in [0.15, 0.2) is 72.8 Å². The molecule has 3 aromatic carbocycles. The zero-order chi connectivity index (χ0) is 30.8. The van der Waals surface area contributed by atoms with Crippen molar-refractivity contribution in [3.8, 4) is 5.75 Å². The lowest BCUT2D eigenvalue weighted by Crippen LogP contribution is -2.57. The Morgan fingerprint density at radius 2 is 1.44 bits per heavy atom. The van der Waals surface area contributed by atoms with Crippen molar-refractivity contribution in [3.63, 3.8) is 0 Å². The predicted octanol–water partition coefficient (Wildman–Crippen LogP) is 9.17. The van der Waals surface area contributed by atoms with Crippen LogP contribution < -0.4 is 4.74 Å². The Bertz CT molecular complexity index is 1420. The van der Waals surface area contributed by atoms with Crippen molar-refractivity contribution in [2.24, 2.45) is 17.8 Å². The molecule has 3 aromatic rings. The first kappa shape index (κ1) is 30.4. The van der Waals surface area contributed by atoms with E-state index in [9.17, 15) is 0 Å². The molecule has 0 spiro atoms. The summed E-state index contributed by atoms with van der Waals surface area (Å²) in [6.45, 7) is 23.3. The van der Waals surface area contributed by atoms with E-state index >= 15 is 0 Å².